The van der Waals surface area contributed by atoms with Crippen molar-refractivity contribution in [1.29, 1.82) is 0 Å². The molecule has 1 nitrogen and oxygen atoms in total. The number of benzene rings is 1. The Bertz CT molecular complexity index is 514. The molecule has 0 aliphatic heterocycles. The van der Waals surface area contributed by atoms with E-state index in [1.54, 1.807) is 0 Å². The highest BCUT2D eigenvalue weighted by molar-refractivity contribution is 6.74. The Balaban J connectivity index is 2.26. The third kappa shape index (κ3) is 6.97. The van der Waals surface area contributed by atoms with Gasteiger partial charge in [0, 0.05) is 0 Å². The molecule has 0 spiro atoms. The van der Waals surface area contributed by atoms with Crippen LogP contribution in [0.1, 0.15) is 39.2 Å². The molecule has 0 amide bonds. The molecule has 0 bridgehead atoms. The molecule has 0 aliphatic rings. The van der Waals surface area contributed by atoms with E-state index in [0.717, 1.165) is 19.3 Å². The van der Waals surface area contributed by atoms with Crippen LogP contribution in [0.25, 0.3) is 0 Å². The van der Waals surface area contributed by atoms with E-state index in [1.165, 1.54) is 5.56 Å². The quantitative estimate of drug-likeness (QED) is 0.190. The number of unbranched alkanes of at least 4 members (excludes halogenated alkanes) is 1. The molecule has 0 saturated heterocycles. The van der Waals surface area contributed by atoms with Crippen LogP contribution in [0.4, 0.5) is 0 Å². The Labute approximate surface area is 137 Å². The molecule has 0 aromatic heterocycles. The van der Waals surface area contributed by atoms with Crippen molar-refractivity contribution in [2.24, 2.45) is 0 Å². The molecule has 0 radical (unpaired) electrons. The molecule has 0 aliphatic carbocycles. The summed E-state index contributed by atoms with van der Waals surface area (Å²) in [5.41, 5.74) is 4.60. The number of aryl methyl sites for hydroxylation is 1. The minimum atomic E-state index is -1.67. The van der Waals surface area contributed by atoms with Gasteiger partial charge in [-0.3, -0.25) is 0 Å². The molecule has 0 fully saturated rings. The summed E-state index contributed by atoms with van der Waals surface area (Å²) in [6.45, 7) is 11.2. The summed E-state index contributed by atoms with van der Waals surface area (Å²) in [6.07, 6.45) is 11.1. The second-order valence-electron chi connectivity index (χ2n) is 7.12. The van der Waals surface area contributed by atoms with E-state index in [2.05, 4.69) is 76.0 Å². The van der Waals surface area contributed by atoms with E-state index < -0.39 is 8.32 Å². The van der Waals surface area contributed by atoms with E-state index in [9.17, 15) is 0 Å². The first-order valence-electron chi connectivity index (χ1n) is 8.11. The van der Waals surface area contributed by atoms with Crippen LogP contribution in [0.3, 0.4) is 0 Å². The summed E-state index contributed by atoms with van der Waals surface area (Å²) >= 11 is 0. The first-order chi connectivity index (χ1) is 10.3. The van der Waals surface area contributed by atoms with Gasteiger partial charge in [-0.15, -0.1) is 5.73 Å². The van der Waals surface area contributed by atoms with Crippen LogP contribution >= 0.6 is 0 Å². The van der Waals surface area contributed by atoms with Gasteiger partial charge in [0.15, 0.2) is 0 Å². The smallest absolute Gasteiger partial charge is 0.249 e. The lowest BCUT2D eigenvalue weighted by Gasteiger charge is -2.34. The van der Waals surface area contributed by atoms with Gasteiger partial charge >= 0.3 is 0 Å². The van der Waals surface area contributed by atoms with Crippen molar-refractivity contribution in [3.05, 3.63) is 66.1 Å². The van der Waals surface area contributed by atoms with Crippen molar-refractivity contribution in [3.8, 4) is 0 Å². The Morgan fingerprint density at radius 3 is 2.45 bits per heavy atom. The Hall–Kier alpha value is -1.50. The first-order valence-corrected chi connectivity index (χ1v) is 11.0. The van der Waals surface area contributed by atoms with Crippen LogP contribution < -0.4 is 0 Å². The molecular formula is C20H30OSi. The molecule has 2 heteroatoms. The fraction of sp³-hybridized carbons (Fsp3) is 0.450. The molecule has 1 aromatic rings. The van der Waals surface area contributed by atoms with Gasteiger partial charge < -0.3 is 4.43 Å². The second kappa shape index (κ2) is 8.82. The fourth-order valence-corrected chi connectivity index (χ4v) is 2.46. The van der Waals surface area contributed by atoms with Gasteiger partial charge in [-0.2, -0.15) is 0 Å². The van der Waals surface area contributed by atoms with Crippen molar-refractivity contribution >= 4 is 8.32 Å². The molecule has 0 atom stereocenters. The van der Waals surface area contributed by atoms with Gasteiger partial charge in [0.25, 0.3) is 0 Å². The summed E-state index contributed by atoms with van der Waals surface area (Å²) in [6, 6.07) is 10.6. The Morgan fingerprint density at radius 2 is 1.82 bits per heavy atom. The molecule has 1 rings (SSSR count). The Morgan fingerprint density at radius 1 is 1.14 bits per heavy atom. The lowest BCUT2D eigenvalue weighted by molar-refractivity contribution is 0.430. The summed E-state index contributed by atoms with van der Waals surface area (Å²) < 4.78 is 5.95. The molecule has 1 aromatic carbocycles. The monoisotopic (exact) mass is 314 g/mol. The highest BCUT2D eigenvalue weighted by Gasteiger charge is 2.37. The van der Waals surface area contributed by atoms with Crippen molar-refractivity contribution in [1.82, 2.24) is 0 Å². The molecular weight excluding hydrogens is 284 g/mol. The zero-order chi connectivity index (χ0) is 16.5. The van der Waals surface area contributed by atoms with Gasteiger partial charge in [-0.1, -0.05) is 51.1 Å². The highest BCUT2D eigenvalue weighted by Crippen LogP contribution is 2.36. The number of hydrogen-bond donors (Lipinski definition) is 0. The standard InChI is InChI=1S/C20H30OSi/c1-20(2,3)22(4,5)21-18-14-9-7-6-8-11-15-19-16-12-10-13-17-19/h6,9-10,12-14,16-18H,8,11,15H2,1-5H3/b18-14-. The Kier molecular flexibility index (Phi) is 7.44. The van der Waals surface area contributed by atoms with Gasteiger partial charge in [0.2, 0.25) is 8.32 Å². The average molecular weight is 315 g/mol. The third-order valence-corrected chi connectivity index (χ3v) is 8.55. The predicted octanol–water partition coefficient (Wildman–Crippen LogP) is 6.26. The second-order valence-corrected chi connectivity index (χ2v) is 11.9. The van der Waals surface area contributed by atoms with Crippen molar-refractivity contribution < 1.29 is 4.43 Å². The van der Waals surface area contributed by atoms with Gasteiger partial charge in [-0.05, 0) is 61.2 Å². The normalized spacial score (nSPS) is 12.0. The van der Waals surface area contributed by atoms with Gasteiger partial charge in [0.1, 0.15) is 0 Å². The van der Waals surface area contributed by atoms with Gasteiger partial charge in [0.05, 0.1) is 6.26 Å². The van der Waals surface area contributed by atoms with Crippen molar-refractivity contribution in [2.75, 3.05) is 0 Å². The topological polar surface area (TPSA) is 9.23 Å². The summed E-state index contributed by atoms with van der Waals surface area (Å²) in [5.74, 6) is 0. The average Bonchev–Trinajstić information content (AvgIpc) is 2.45. The SMILES string of the molecule is CC(C)(C)[Si](C)(C)O/C=C\C=C=CCCCc1ccccc1. The van der Waals surface area contributed by atoms with Gasteiger partial charge in [-0.25, -0.2) is 0 Å². The summed E-state index contributed by atoms with van der Waals surface area (Å²) in [5, 5.41) is 0.244. The van der Waals surface area contributed by atoms with Crippen LogP contribution in [0.15, 0.2) is 60.6 Å². The lowest BCUT2D eigenvalue weighted by Crippen LogP contribution is -2.39. The molecule has 0 unspecified atom stereocenters. The maximum Gasteiger partial charge on any atom is 0.249 e. The largest absolute Gasteiger partial charge is 0.549 e. The molecule has 0 heterocycles. The minimum absolute atomic E-state index is 0.244. The number of rotatable bonds is 7. The first kappa shape index (κ1) is 18.5. The van der Waals surface area contributed by atoms with Crippen LogP contribution in [-0.4, -0.2) is 8.32 Å². The zero-order valence-electron chi connectivity index (χ0n) is 14.7. The molecule has 22 heavy (non-hydrogen) atoms. The minimum Gasteiger partial charge on any atom is -0.549 e. The number of allylic oxidation sites excluding steroid dienone is 2. The van der Waals surface area contributed by atoms with Crippen molar-refractivity contribution in [2.45, 2.75) is 58.2 Å². The molecule has 0 saturated carbocycles. The maximum atomic E-state index is 5.95. The van der Waals surface area contributed by atoms with Crippen molar-refractivity contribution in [3.63, 3.8) is 0 Å². The van der Waals surface area contributed by atoms with E-state index in [4.69, 9.17) is 4.43 Å². The van der Waals surface area contributed by atoms with E-state index in [0.29, 0.717) is 0 Å². The predicted molar refractivity (Wildman–Crippen MR) is 99.5 cm³/mol. The van der Waals surface area contributed by atoms with Crippen LogP contribution in [0.2, 0.25) is 18.1 Å². The highest BCUT2D eigenvalue weighted by atomic mass is 28.4. The fourth-order valence-electron chi connectivity index (χ4n) is 1.69. The number of hydrogen-bond acceptors (Lipinski definition) is 1. The summed E-state index contributed by atoms with van der Waals surface area (Å²) in [4.78, 5) is 0. The maximum absolute atomic E-state index is 5.95. The lowest BCUT2D eigenvalue weighted by atomic mass is 10.1. The summed E-state index contributed by atoms with van der Waals surface area (Å²) in [7, 11) is -1.67. The van der Waals surface area contributed by atoms with Crippen LogP contribution in [0.5, 0.6) is 0 Å². The molecule has 120 valence electrons. The van der Waals surface area contributed by atoms with Crippen LogP contribution in [0, 0.1) is 0 Å². The van der Waals surface area contributed by atoms with E-state index in [1.807, 2.05) is 18.4 Å². The van der Waals surface area contributed by atoms with E-state index in [-0.39, 0.29) is 5.04 Å². The third-order valence-electron chi connectivity index (χ3n) is 4.21. The van der Waals surface area contributed by atoms with Crippen LogP contribution in [-0.2, 0) is 10.8 Å². The zero-order valence-corrected chi connectivity index (χ0v) is 15.7. The molecule has 0 N–H and O–H groups in total. The van der Waals surface area contributed by atoms with E-state index >= 15 is 0 Å².